The van der Waals surface area contributed by atoms with Crippen molar-refractivity contribution in [3.8, 4) is 34.5 Å². The monoisotopic (exact) mass is 976 g/mol. The highest BCUT2D eigenvalue weighted by atomic mass is 79.9. The molecule has 0 bridgehead atoms. The van der Waals surface area contributed by atoms with Crippen molar-refractivity contribution >= 4 is 83.4 Å². The molecule has 0 unspecified atom stereocenters. The van der Waals surface area contributed by atoms with Crippen molar-refractivity contribution in [1.29, 1.82) is 0 Å². The molecule has 4 heterocycles. The number of aryl methyl sites for hydroxylation is 2. The lowest BCUT2D eigenvalue weighted by Gasteiger charge is -2.10. The molecule has 0 saturated heterocycles. The quantitative estimate of drug-likeness (QED) is 0.0526. The highest BCUT2D eigenvalue weighted by Gasteiger charge is 2.19. The minimum Gasteiger partial charge on any atom is -0.508 e. The van der Waals surface area contributed by atoms with Gasteiger partial charge < -0.3 is 48.3 Å². The summed E-state index contributed by atoms with van der Waals surface area (Å²) in [6.07, 6.45) is 5.53. The number of amides is 2. The molecule has 8 aromatic rings. The van der Waals surface area contributed by atoms with Gasteiger partial charge in [0.2, 0.25) is 0 Å². The van der Waals surface area contributed by atoms with E-state index in [-0.39, 0.29) is 29.5 Å². The predicted molar refractivity (Wildman–Crippen MR) is 256 cm³/mol. The number of carbonyl (C=O) groups excluding carboxylic acids is 4. The maximum atomic E-state index is 12.1. The zero-order chi connectivity index (χ0) is 48.0. The van der Waals surface area contributed by atoms with Crippen molar-refractivity contribution in [3.63, 3.8) is 0 Å². The fourth-order valence-corrected chi connectivity index (χ4v) is 7.18. The van der Waals surface area contributed by atoms with Crippen LogP contribution in [0, 0.1) is 13.8 Å². The number of nitrogens with zero attached hydrogens (tertiary/aromatic N) is 2. The number of carbonyl (C=O) groups is 4. The van der Waals surface area contributed by atoms with Gasteiger partial charge in [-0.2, -0.15) is 0 Å². The molecule has 0 atom stereocenters. The van der Waals surface area contributed by atoms with Gasteiger partial charge in [-0.15, -0.1) is 0 Å². The number of ether oxygens (including phenoxy) is 5. The van der Waals surface area contributed by atoms with E-state index in [0.717, 1.165) is 38.8 Å². The molecule has 0 aliphatic heterocycles. The summed E-state index contributed by atoms with van der Waals surface area (Å²) in [5.41, 5.74) is 3.56. The van der Waals surface area contributed by atoms with Crippen LogP contribution in [0.2, 0.25) is 0 Å². The van der Waals surface area contributed by atoms with Crippen LogP contribution in [-0.4, -0.2) is 79.1 Å². The summed E-state index contributed by atoms with van der Waals surface area (Å²) in [6, 6.07) is 24.7. The molecular weight excluding hydrogens is 928 g/mol. The van der Waals surface area contributed by atoms with Crippen LogP contribution in [0.5, 0.6) is 34.5 Å². The Hall–Kier alpha value is -7.66. The first-order valence-electron chi connectivity index (χ1n) is 21.0. The van der Waals surface area contributed by atoms with Gasteiger partial charge in [-0.25, -0.2) is 0 Å². The Labute approximate surface area is 393 Å². The van der Waals surface area contributed by atoms with Gasteiger partial charge in [-0.1, -0.05) is 15.9 Å². The highest BCUT2D eigenvalue weighted by Crippen LogP contribution is 2.36. The first-order chi connectivity index (χ1) is 32.4. The van der Waals surface area contributed by atoms with Gasteiger partial charge in [-0.3, -0.25) is 29.1 Å². The predicted octanol–water partition coefficient (Wildman–Crippen LogP) is 10.3. The Bertz CT molecular complexity index is 3050. The number of aromatic hydroxyl groups is 1. The number of phenolic OH excluding ortho intramolecular Hbond substituents is 1. The van der Waals surface area contributed by atoms with E-state index in [1.807, 2.05) is 24.3 Å². The molecule has 2 amide bonds. The molecule has 0 saturated carbocycles. The third-order valence-corrected chi connectivity index (χ3v) is 10.7. The topological polar surface area (TPSA) is 211 Å². The van der Waals surface area contributed by atoms with Crippen LogP contribution in [-0.2, 0) is 19.1 Å². The van der Waals surface area contributed by atoms with Crippen molar-refractivity contribution in [2.75, 3.05) is 40.3 Å². The minimum atomic E-state index is -0.256. The van der Waals surface area contributed by atoms with Crippen LogP contribution in [0.3, 0.4) is 0 Å². The van der Waals surface area contributed by atoms with E-state index >= 15 is 0 Å². The summed E-state index contributed by atoms with van der Waals surface area (Å²) in [4.78, 5) is 54.3. The van der Waals surface area contributed by atoms with E-state index < -0.39 is 0 Å². The Morgan fingerprint density at radius 1 is 0.612 bits per heavy atom. The zero-order valence-electron chi connectivity index (χ0n) is 37.7. The molecule has 4 aromatic carbocycles. The van der Waals surface area contributed by atoms with E-state index in [9.17, 15) is 24.3 Å². The first-order valence-corrected chi connectivity index (χ1v) is 22.1. The number of hydrogen-bond acceptors (Lipinski definition) is 14. The molecule has 0 aliphatic rings. The second-order valence-corrected chi connectivity index (χ2v) is 15.4. The zero-order valence-corrected chi connectivity index (χ0v) is 39.3. The molecule has 0 aliphatic carbocycles. The van der Waals surface area contributed by atoms with Crippen molar-refractivity contribution < 1.29 is 56.8 Å². The average Bonchev–Trinajstić information content (AvgIpc) is 3.85. The third-order valence-electron chi connectivity index (χ3n) is 10.2. The highest BCUT2D eigenvalue weighted by molar-refractivity contribution is 9.09. The van der Waals surface area contributed by atoms with E-state index in [1.54, 1.807) is 101 Å². The van der Waals surface area contributed by atoms with Gasteiger partial charge in [-0.05, 0) is 87.4 Å². The lowest BCUT2D eigenvalue weighted by Crippen LogP contribution is -2.18. The van der Waals surface area contributed by atoms with Crippen LogP contribution in [0.4, 0.5) is 0 Å². The fourth-order valence-electron chi connectivity index (χ4n) is 6.90. The lowest BCUT2D eigenvalue weighted by molar-refractivity contribution is -0.141. The first kappa shape index (κ1) is 48.8. The van der Waals surface area contributed by atoms with Gasteiger partial charge in [0.15, 0.2) is 0 Å². The summed E-state index contributed by atoms with van der Waals surface area (Å²) >= 11 is 3.20. The lowest BCUT2D eigenvalue weighted by atomic mass is 10.1. The summed E-state index contributed by atoms with van der Waals surface area (Å²) < 4.78 is 38.3. The van der Waals surface area contributed by atoms with Crippen molar-refractivity contribution in [3.05, 3.63) is 120 Å². The number of phenols is 1. The number of pyridine rings is 2. The van der Waals surface area contributed by atoms with Crippen molar-refractivity contribution in [2.24, 2.45) is 0 Å². The number of rotatable bonds is 14. The summed E-state index contributed by atoms with van der Waals surface area (Å²) in [5.74, 6) is 3.55. The van der Waals surface area contributed by atoms with Gasteiger partial charge in [0, 0.05) is 90.5 Å². The second kappa shape index (κ2) is 23.0. The van der Waals surface area contributed by atoms with Crippen LogP contribution >= 0.6 is 15.9 Å². The number of furan rings is 2. The molecule has 17 heteroatoms. The normalized spacial score (nSPS) is 10.7. The summed E-state index contributed by atoms with van der Waals surface area (Å²) in [5, 5.41) is 18.8. The molecule has 3 N–H and O–H groups in total. The van der Waals surface area contributed by atoms with E-state index in [4.69, 9.17) is 23.0 Å². The SMILES string of the molecule is CNC(=O)c1c(C)oc2cc(Oc3ccnc4cc(O)ccc34)ccc12.CNC(=O)c1c(C)oc2cc(Oc3ccnc4cc(OCCCC(=O)OC)ccc34)ccc12.COC(=O)CCCBr. The standard InChI is InChI=1S/C25H24N2O6.C20H16N2O4.C5H9BrO2/c1-15-24(25(29)26-2)19-9-7-17(14-22(19)32-15)33-21-10-11-27-20-13-16(6-8-18(20)21)31-12-4-5-23(28)30-3;1-11-19(20(24)21-2)15-6-4-13(10-18(15)25-11)26-17-7-8-22-16-9-12(23)3-5-14(16)17;1-8-5(7)3-2-4-6/h6-11,13-14H,4-5,12H2,1-3H3,(H,26,29);3-10,23H,1-2H3,(H,21,24);2-4H2,1H3. The average molecular weight is 978 g/mol. The molecule has 16 nitrogen and oxygen atoms in total. The molecular formula is C50H49BrN4O12. The van der Waals surface area contributed by atoms with E-state index in [1.165, 1.54) is 14.2 Å². The number of esters is 2. The Kier molecular flexibility index (Phi) is 16.7. The number of halogens is 1. The van der Waals surface area contributed by atoms with Crippen LogP contribution < -0.4 is 24.8 Å². The fraction of sp³-hybridized carbons (Fsp3) is 0.240. The Morgan fingerprint density at radius 3 is 1.57 bits per heavy atom. The molecule has 4 aromatic heterocycles. The van der Waals surface area contributed by atoms with Gasteiger partial charge in [0.25, 0.3) is 11.8 Å². The number of nitrogens with one attached hydrogen (secondary N) is 2. The largest absolute Gasteiger partial charge is 0.508 e. The third kappa shape index (κ3) is 12.2. The number of methoxy groups -OCH3 is 2. The Morgan fingerprint density at radius 2 is 1.07 bits per heavy atom. The minimum absolute atomic E-state index is 0.135. The maximum absolute atomic E-state index is 12.1. The number of alkyl halides is 1. The van der Waals surface area contributed by atoms with Crippen LogP contribution in [0.25, 0.3) is 43.7 Å². The maximum Gasteiger partial charge on any atom is 0.305 e. The number of fused-ring (bicyclic) bond motifs is 4. The van der Waals surface area contributed by atoms with Gasteiger partial charge in [0.05, 0.1) is 43.0 Å². The number of aromatic nitrogens is 2. The second-order valence-electron chi connectivity index (χ2n) is 14.6. The van der Waals surface area contributed by atoms with Gasteiger partial charge in [0.1, 0.15) is 57.2 Å². The van der Waals surface area contributed by atoms with E-state index in [0.29, 0.717) is 93.9 Å². The Balaban J connectivity index is 0.000000194. The summed E-state index contributed by atoms with van der Waals surface area (Å²) in [6.45, 7) is 3.92. The van der Waals surface area contributed by atoms with Crippen LogP contribution in [0.1, 0.15) is 57.9 Å². The number of hydrogen-bond donors (Lipinski definition) is 3. The molecule has 8 rings (SSSR count). The molecule has 348 valence electrons. The molecule has 67 heavy (non-hydrogen) atoms. The smallest absolute Gasteiger partial charge is 0.305 e. The molecule has 0 radical (unpaired) electrons. The van der Waals surface area contributed by atoms with Crippen molar-refractivity contribution in [1.82, 2.24) is 20.6 Å². The summed E-state index contributed by atoms with van der Waals surface area (Å²) in [7, 11) is 5.94. The molecule has 0 fully saturated rings. The number of benzene rings is 4. The van der Waals surface area contributed by atoms with E-state index in [2.05, 4.69) is 46.0 Å². The molecule has 0 spiro atoms. The van der Waals surface area contributed by atoms with Crippen LogP contribution in [0.15, 0.2) is 106 Å². The van der Waals surface area contributed by atoms with Gasteiger partial charge >= 0.3 is 11.9 Å². The van der Waals surface area contributed by atoms with Crippen molar-refractivity contribution in [2.45, 2.75) is 39.5 Å².